The lowest BCUT2D eigenvalue weighted by Gasteiger charge is -2.08. The standard InChI is InChI=1S/C15H14N4O2/c1-10-3-4-14(13(8-20)18-10)21-9-11-5-12-7-17-19(2)15(12)16-6-11/h3-8H,9H2,1-2H3. The number of rotatable bonds is 4. The molecule has 0 saturated heterocycles. The fourth-order valence-electron chi connectivity index (χ4n) is 2.10. The van der Waals surface area contributed by atoms with Crippen molar-refractivity contribution in [1.82, 2.24) is 19.7 Å². The van der Waals surface area contributed by atoms with Crippen molar-refractivity contribution in [3.63, 3.8) is 0 Å². The van der Waals surface area contributed by atoms with Gasteiger partial charge in [0, 0.05) is 29.9 Å². The minimum atomic E-state index is 0.311. The fraction of sp³-hybridized carbons (Fsp3) is 0.200. The first-order valence-electron chi connectivity index (χ1n) is 6.49. The maximum absolute atomic E-state index is 11.0. The number of fused-ring (bicyclic) bond motifs is 1. The molecule has 0 saturated carbocycles. The summed E-state index contributed by atoms with van der Waals surface area (Å²) in [6.45, 7) is 2.15. The van der Waals surface area contributed by atoms with Gasteiger partial charge in [-0.15, -0.1) is 0 Å². The summed E-state index contributed by atoms with van der Waals surface area (Å²) < 4.78 is 7.38. The number of carbonyl (C=O) groups excluding carboxylic acids is 1. The third-order valence-electron chi connectivity index (χ3n) is 3.16. The molecule has 21 heavy (non-hydrogen) atoms. The number of pyridine rings is 2. The van der Waals surface area contributed by atoms with Gasteiger partial charge in [0.15, 0.2) is 11.9 Å². The van der Waals surface area contributed by atoms with E-state index in [1.165, 1.54) is 0 Å². The molecule has 0 fully saturated rings. The van der Waals surface area contributed by atoms with Crippen LogP contribution in [0.15, 0.2) is 30.6 Å². The summed E-state index contributed by atoms with van der Waals surface area (Å²) in [6.07, 6.45) is 4.20. The van der Waals surface area contributed by atoms with Gasteiger partial charge in [0.2, 0.25) is 0 Å². The topological polar surface area (TPSA) is 69.9 Å². The van der Waals surface area contributed by atoms with Crippen molar-refractivity contribution in [3.05, 3.63) is 47.5 Å². The van der Waals surface area contributed by atoms with Crippen LogP contribution >= 0.6 is 0 Å². The minimum absolute atomic E-state index is 0.311. The Bertz CT molecular complexity index is 811. The summed E-state index contributed by atoms with van der Waals surface area (Å²) in [6, 6.07) is 5.53. The maximum Gasteiger partial charge on any atom is 0.172 e. The van der Waals surface area contributed by atoms with E-state index in [2.05, 4.69) is 15.1 Å². The Morgan fingerprint density at radius 2 is 2.19 bits per heavy atom. The maximum atomic E-state index is 11.0. The predicted octanol–water partition coefficient (Wildman–Crippen LogP) is 2.06. The Labute approximate surface area is 121 Å². The third-order valence-corrected chi connectivity index (χ3v) is 3.16. The van der Waals surface area contributed by atoms with Crippen LogP contribution < -0.4 is 4.74 Å². The van der Waals surface area contributed by atoms with Gasteiger partial charge in [-0.2, -0.15) is 5.10 Å². The molecular formula is C15H14N4O2. The number of hydrogen-bond acceptors (Lipinski definition) is 5. The molecule has 0 atom stereocenters. The van der Waals surface area contributed by atoms with Gasteiger partial charge in [-0.3, -0.25) is 9.48 Å². The van der Waals surface area contributed by atoms with E-state index in [0.717, 1.165) is 22.3 Å². The summed E-state index contributed by atoms with van der Waals surface area (Å²) in [7, 11) is 1.85. The second kappa shape index (κ2) is 5.32. The van der Waals surface area contributed by atoms with E-state index in [-0.39, 0.29) is 0 Å². The Kier molecular flexibility index (Phi) is 3.35. The summed E-state index contributed by atoms with van der Waals surface area (Å²) in [4.78, 5) is 19.5. The first-order chi connectivity index (χ1) is 10.2. The highest BCUT2D eigenvalue weighted by molar-refractivity contribution is 5.76. The van der Waals surface area contributed by atoms with E-state index in [1.54, 1.807) is 23.1 Å². The number of aromatic nitrogens is 4. The van der Waals surface area contributed by atoms with Gasteiger partial charge < -0.3 is 4.74 Å². The third kappa shape index (κ3) is 2.60. The molecule has 0 unspecified atom stereocenters. The van der Waals surface area contributed by atoms with Gasteiger partial charge in [0.25, 0.3) is 0 Å². The average Bonchev–Trinajstić information content (AvgIpc) is 2.87. The lowest BCUT2D eigenvalue weighted by molar-refractivity contribution is 0.111. The fourth-order valence-corrected chi connectivity index (χ4v) is 2.10. The van der Waals surface area contributed by atoms with Gasteiger partial charge in [0.1, 0.15) is 18.1 Å². The molecule has 0 aliphatic rings. The molecule has 3 heterocycles. The summed E-state index contributed by atoms with van der Waals surface area (Å²) in [5.41, 5.74) is 2.82. The summed E-state index contributed by atoms with van der Waals surface area (Å²) >= 11 is 0. The monoisotopic (exact) mass is 282 g/mol. The number of nitrogens with zero attached hydrogens (tertiary/aromatic N) is 4. The number of aryl methyl sites for hydroxylation is 2. The molecule has 0 aliphatic heterocycles. The Balaban J connectivity index is 1.81. The van der Waals surface area contributed by atoms with Crippen molar-refractivity contribution in [1.29, 1.82) is 0 Å². The normalized spacial score (nSPS) is 10.8. The van der Waals surface area contributed by atoms with Crippen LogP contribution in [-0.2, 0) is 13.7 Å². The van der Waals surface area contributed by atoms with Crippen LogP contribution in [0.2, 0.25) is 0 Å². The molecule has 6 heteroatoms. The zero-order valence-electron chi connectivity index (χ0n) is 11.8. The van der Waals surface area contributed by atoms with Crippen LogP contribution in [0.1, 0.15) is 21.7 Å². The predicted molar refractivity (Wildman–Crippen MR) is 77.2 cm³/mol. The molecule has 0 aliphatic carbocycles. The van der Waals surface area contributed by atoms with Crippen molar-refractivity contribution in [2.75, 3.05) is 0 Å². The van der Waals surface area contributed by atoms with Crippen molar-refractivity contribution in [3.8, 4) is 5.75 Å². The highest BCUT2D eigenvalue weighted by atomic mass is 16.5. The molecule has 3 aromatic rings. The molecule has 3 rings (SSSR count). The number of hydrogen-bond donors (Lipinski definition) is 0. The quantitative estimate of drug-likeness (QED) is 0.685. The van der Waals surface area contributed by atoms with E-state index >= 15 is 0 Å². The zero-order chi connectivity index (χ0) is 14.8. The Morgan fingerprint density at radius 3 is 3.00 bits per heavy atom. The molecule has 0 aromatic carbocycles. The highest BCUT2D eigenvalue weighted by Gasteiger charge is 2.07. The van der Waals surface area contributed by atoms with Gasteiger partial charge in [-0.25, -0.2) is 9.97 Å². The van der Waals surface area contributed by atoms with E-state index in [9.17, 15) is 4.79 Å². The van der Waals surface area contributed by atoms with Crippen LogP contribution in [0.25, 0.3) is 11.0 Å². The summed E-state index contributed by atoms with van der Waals surface area (Å²) in [5.74, 6) is 0.474. The van der Waals surface area contributed by atoms with Crippen LogP contribution in [0, 0.1) is 6.92 Å². The zero-order valence-corrected chi connectivity index (χ0v) is 11.8. The van der Waals surface area contributed by atoms with Crippen LogP contribution in [-0.4, -0.2) is 26.0 Å². The van der Waals surface area contributed by atoms with Crippen molar-refractivity contribution in [2.45, 2.75) is 13.5 Å². The number of aldehydes is 1. The lowest BCUT2D eigenvalue weighted by Crippen LogP contribution is -2.01. The first kappa shape index (κ1) is 13.2. The minimum Gasteiger partial charge on any atom is -0.486 e. The second-order valence-corrected chi connectivity index (χ2v) is 4.77. The summed E-state index contributed by atoms with van der Waals surface area (Å²) in [5, 5.41) is 5.10. The molecule has 0 N–H and O–H groups in total. The SMILES string of the molecule is Cc1ccc(OCc2cnc3c(cnn3C)c2)c(C=O)n1. The molecule has 0 spiro atoms. The molecular weight excluding hydrogens is 268 g/mol. The first-order valence-corrected chi connectivity index (χ1v) is 6.49. The molecule has 6 nitrogen and oxygen atoms in total. The van der Waals surface area contributed by atoms with E-state index in [4.69, 9.17) is 4.74 Å². The van der Waals surface area contributed by atoms with Gasteiger partial charge >= 0.3 is 0 Å². The number of carbonyl (C=O) groups is 1. The Morgan fingerprint density at radius 1 is 1.33 bits per heavy atom. The molecule has 0 amide bonds. The molecule has 3 aromatic heterocycles. The van der Waals surface area contributed by atoms with Crippen LogP contribution in [0.3, 0.4) is 0 Å². The lowest BCUT2D eigenvalue weighted by atomic mass is 10.2. The highest BCUT2D eigenvalue weighted by Crippen LogP contribution is 2.18. The van der Waals surface area contributed by atoms with Crippen molar-refractivity contribution in [2.24, 2.45) is 7.05 Å². The molecule has 0 radical (unpaired) electrons. The van der Waals surface area contributed by atoms with Crippen LogP contribution in [0.5, 0.6) is 5.75 Å². The molecule has 106 valence electrons. The smallest absolute Gasteiger partial charge is 0.172 e. The molecule has 0 bridgehead atoms. The average molecular weight is 282 g/mol. The van der Waals surface area contributed by atoms with Gasteiger partial charge in [0.05, 0.1) is 6.20 Å². The largest absolute Gasteiger partial charge is 0.486 e. The van der Waals surface area contributed by atoms with E-state index in [0.29, 0.717) is 24.3 Å². The van der Waals surface area contributed by atoms with Crippen molar-refractivity contribution >= 4 is 17.3 Å². The second-order valence-electron chi connectivity index (χ2n) is 4.77. The van der Waals surface area contributed by atoms with E-state index in [1.807, 2.05) is 26.1 Å². The van der Waals surface area contributed by atoms with Crippen LogP contribution in [0.4, 0.5) is 0 Å². The Hall–Kier alpha value is -2.76. The van der Waals surface area contributed by atoms with Gasteiger partial charge in [-0.05, 0) is 25.1 Å². The van der Waals surface area contributed by atoms with E-state index < -0.39 is 0 Å². The van der Waals surface area contributed by atoms with Crippen molar-refractivity contribution < 1.29 is 9.53 Å². The van der Waals surface area contributed by atoms with Gasteiger partial charge in [-0.1, -0.05) is 0 Å². The number of ether oxygens (including phenoxy) is 1.